The third-order valence-corrected chi connectivity index (χ3v) is 4.21. The minimum Gasteiger partial charge on any atom is -0.465 e. The molecular formula is C16H23FN2O2. The van der Waals surface area contributed by atoms with Gasteiger partial charge in [-0.15, -0.1) is 0 Å². The summed E-state index contributed by atoms with van der Waals surface area (Å²) in [4.78, 5) is 13.7. The largest absolute Gasteiger partial charge is 0.465 e. The van der Waals surface area contributed by atoms with Gasteiger partial charge in [0, 0.05) is 18.8 Å². The van der Waals surface area contributed by atoms with Crippen molar-refractivity contribution in [1.29, 1.82) is 0 Å². The fourth-order valence-corrected chi connectivity index (χ4v) is 2.77. The summed E-state index contributed by atoms with van der Waals surface area (Å²) < 4.78 is 18.9. The number of benzene rings is 1. The van der Waals surface area contributed by atoms with E-state index in [9.17, 15) is 9.18 Å². The number of nitrogen functional groups attached to an aromatic ring is 1. The SMILES string of the molecule is COC(=O)c1cc(N2CCCC(C)(C)CC2)c(F)cc1N. The number of ether oxygens (including phenoxy) is 1. The summed E-state index contributed by atoms with van der Waals surface area (Å²) in [6, 6.07) is 2.71. The third kappa shape index (κ3) is 3.46. The number of methoxy groups -OCH3 is 1. The standard InChI is InChI=1S/C16H23FN2O2/c1-16(2)5-4-7-19(8-6-16)14-9-11(15(20)21-3)13(18)10-12(14)17/h9-10H,4-8,18H2,1-3H3. The van der Waals surface area contributed by atoms with Crippen LogP contribution < -0.4 is 10.6 Å². The summed E-state index contributed by atoms with van der Waals surface area (Å²) in [6.45, 7) is 6.02. The average molecular weight is 294 g/mol. The summed E-state index contributed by atoms with van der Waals surface area (Å²) >= 11 is 0. The lowest BCUT2D eigenvalue weighted by Gasteiger charge is -2.25. The van der Waals surface area contributed by atoms with Crippen LogP contribution in [0.2, 0.25) is 0 Å². The van der Waals surface area contributed by atoms with Crippen LogP contribution in [-0.4, -0.2) is 26.2 Å². The lowest BCUT2D eigenvalue weighted by molar-refractivity contribution is 0.0602. The number of rotatable bonds is 2. The molecule has 1 fully saturated rings. The molecule has 0 aliphatic carbocycles. The fraction of sp³-hybridized carbons (Fsp3) is 0.562. The van der Waals surface area contributed by atoms with Crippen molar-refractivity contribution < 1.29 is 13.9 Å². The second-order valence-electron chi connectivity index (χ2n) is 6.39. The highest BCUT2D eigenvalue weighted by Gasteiger charge is 2.25. The first-order valence-electron chi connectivity index (χ1n) is 7.26. The predicted octanol–water partition coefficient (Wildman–Crippen LogP) is 3.21. The van der Waals surface area contributed by atoms with Crippen molar-refractivity contribution in [3.05, 3.63) is 23.5 Å². The molecule has 1 aromatic carbocycles. The highest BCUT2D eigenvalue weighted by molar-refractivity contribution is 5.96. The van der Waals surface area contributed by atoms with Crippen LogP contribution in [0, 0.1) is 11.2 Å². The van der Waals surface area contributed by atoms with Crippen molar-refractivity contribution >= 4 is 17.3 Å². The quantitative estimate of drug-likeness (QED) is 0.672. The minimum atomic E-state index is -0.538. The Labute approximate surface area is 125 Å². The number of anilines is 2. The highest BCUT2D eigenvalue weighted by atomic mass is 19.1. The predicted molar refractivity (Wildman–Crippen MR) is 82.0 cm³/mol. The molecule has 1 heterocycles. The lowest BCUT2D eigenvalue weighted by atomic mass is 9.85. The summed E-state index contributed by atoms with van der Waals surface area (Å²) in [5, 5.41) is 0. The molecule has 0 aromatic heterocycles. The van der Waals surface area contributed by atoms with Crippen molar-refractivity contribution in [2.75, 3.05) is 30.8 Å². The molecule has 0 unspecified atom stereocenters. The summed E-state index contributed by atoms with van der Waals surface area (Å²) in [7, 11) is 1.29. The van der Waals surface area contributed by atoms with Gasteiger partial charge < -0.3 is 15.4 Å². The zero-order chi connectivity index (χ0) is 15.6. The first-order chi connectivity index (χ1) is 9.84. The third-order valence-electron chi connectivity index (χ3n) is 4.21. The molecule has 2 rings (SSSR count). The van der Waals surface area contributed by atoms with Crippen LogP contribution in [0.5, 0.6) is 0 Å². The molecule has 1 aliphatic heterocycles. The van der Waals surface area contributed by atoms with Gasteiger partial charge in [0.15, 0.2) is 0 Å². The van der Waals surface area contributed by atoms with Gasteiger partial charge in [-0.1, -0.05) is 13.8 Å². The first kappa shape index (κ1) is 15.6. The van der Waals surface area contributed by atoms with Gasteiger partial charge in [0.05, 0.1) is 18.4 Å². The zero-order valence-corrected chi connectivity index (χ0v) is 12.9. The van der Waals surface area contributed by atoms with Gasteiger partial charge in [-0.25, -0.2) is 9.18 Å². The van der Waals surface area contributed by atoms with Gasteiger partial charge in [-0.3, -0.25) is 0 Å². The van der Waals surface area contributed by atoms with Gasteiger partial charge in [-0.2, -0.15) is 0 Å². The van der Waals surface area contributed by atoms with Crippen LogP contribution in [0.3, 0.4) is 0 Å². The number of nitrogens with zero attached hydrogens (tertiary/aromatic N) is 1. The molecule has 0 atom stereocenters. The molecule has 5 heteroatoms. The van der Waals surface area contributed by atoms with E-state index in [1.807, 2.05) is 4.90 Å². The van der Waals surface area contributed by atoms with Crippen molar-refractivity contribution in [3.63, 3.8) is 0 Å². The van der Waals surface area contributed by atoms with Gasteiger partial charge >= 0.3 is 5.97 Å². The number of nitrogens with two attached hydrogens (primary N) is 1. The monoisotopic (exact) mass is 294 g/mol. The normalized spacial score (nSPS) is 18.2. The van der Waals surface area contributed by atoms with Gasteiger partial charge in [0.2, 0.25) is 0 Å². The summed E-state index contributed by atoms with van der Waals surface area (Å²) in [6.07, 6.45) is 3.11. The van der Waals surface area contributed by atoms with E-state index in [1.165, 1.54) is 19.2 Å². The van der Waals surface area contributed by atoms with Crippen molar-refractivity contribution in [2.24, 2.45) is 5.41 Å². The topological polar surface area (TPSA) is 55.6 Å². The molecule has 0 radical (unpaired) electrons. The Morgan fingerprint density at radius 1 is 1.33 bits per heavy atom. The van der Waals surface area contributed by atoms with Crippen LogP contribution in [0.15, 0.2) is 12.1 Å². The fourth-order valence-electron chi connectivity index (χ4n) is 2.77. The Morgan fingerprint density at radius 2 is 2.05 bits per heavy atom. The van der Waals surface area contributed by atoms with Crippen LogP contribution in [-0.2, 0) is 4.74 Å². The van der Waals surface area contributed by atoms with E-state index >= 15 is 0 Å². The maximum Gasteiger partial charge on any atom is 0.340 e. The molecule has 2 N–H and O–H groups in total. The molecule has 116 valence electrons. The van der Waals surface area contributed by atoms with E-state index in [1.54, 1.807) is 0 Å². The van der Waals surface area contributed by atoms with E-state index < -0.39 is 5.97 Å². The Balaban J connectivity index is 2.32. The van der Waals surface area contributed by atoms with Crippen LogP contribution in [0.1, 0.15) is 43.5 Å². The Hall–Kier alpha value is -1.78. The van der Waals surface area contributed by atoms with Crippen molar-refractivity contribution in [2.45, 2.75) is 33.1 Å². The van der Waals surface area contributed by atoms with E-state index in [4.69, 9.17) is 10.5 Å². The zero-order valence-electron chi connectivity index (χ0n) is 12.9. The maximum absolute atomic E-state index is 14.2. The molecule has 4 nitrogen and oxygen atoms in total. The average Bonchev–Trinajstić information content (AvgIpc) is 2.59. The van der Waals surface area contributed by atoms with E-state index in [-0.39, 0.29) is 22.5 Å². The van der Waals surface area contributed by atoms with E-state index in [0.717, 1.165) is 32.4 Å². The van der Waals surface area contributed by atoms with Crippen molar-refractivity contribution in [3.8, 4) is 0 Å². The number of halogens is 1. The lowest BCUT2D eigenvalue weighted by Crippen LogP contribution is -2.26. The van der Waals surface area contributed by atoms with E-state index in [2.05, 4.69) is 13.8 Å². The first-order valence-corrected chi connectivity index (χ1v) is 7.26. The molecule has 1 aliphatic rings. The van der Waals surface area contributed by atoms with Crippen LogP contribution in [0.4, 0.5) is 15.8 Å². The number of carbonyl (C=O) groups excluding carboxylic acids is 1. The van der Waals surface area contributed by atoms with Gasteiger partial charge in [-0.05, 0) is 36.8 Å². The molecular weight excluding hydrogens is 271 g/mol. The van der Waals surface area contributed by atoms with E-state index in [0.29, 0.717) is 5.69 Å². The molecule has 0 bridgehead atoms. The highest BCUT2D eigenvalue weighted by Crippen LogP contribution is 2.33. The number of carbonyl (C=O) groups is 1. The summed E-state index contributed by atoms with van der Waals surface area (Å²) in [5.41, 5.74) is 6.74. The van der Waals surface area contributed by atoms with Crippen LogP contribution in [0.25, 0.3) is 0 Å². The van der Waals surface area contributed by atoms with Crippen molar-refractivity contribution in [1.82, 2.24) is 0 Å². The molecule has 0 spiro atoms. The maximum atomic E-state index is 14.2. The Bertz CT molecular complexity index is 543. The molecule has 0 saturated carbocycles. The van der Waals surface area contributed by atoms with Gasteiger partial charge in [0.25, 0.3) is 0 Å². The number of esters is 1. The second-order valence-corrected chi connectivity index (χ2v) is 6.39. The number of hydrogen-bond acceptors (Lipinski definition) is 4. The number of hydrogen-bond donors (Lipinski definition) is 1. The Morgan fingerprint density at radius 3 is 2.71 bits per heavy atom. The smallest absolute Gasteiger partial charge is 0.340 e. The molecule has 1 saturated heterocycles. The second kappa shape index (κ2) is 5.92. The molecule has 1 aromatic rings. The van der Waals surface area contributed by atoms with Gasteiger partial charge in [0.1, 0.15) is 5.82 Å². The molecule has 21 heavy (non-hydrogen) atoms. The minimum absolute atomic E-state index is 0.109. The molecule has 0 amide bonds. The Kier molecular flexibility index (Phi) is 4.40. The van der Waals surface area contributed by atoms with Crippen LogP contribution >= 0.6 is 0 Å². The summed E-state index contributed by atoms with van der Waals surface area (Å²) in [5.74, 6) is -0.927.